The summed E-state index contributed by atoms with van der Waals surface area (Å²) in [5.41, 5.74) is 2.56. The Labute approximate surface area is 168 Å². The van der Waals surface area contributed by atoms with Gasteiger partial charge in [-0.25, -0.2) is 4.79 Å². The molecule has 28 heavy (non-hydrogen) atoms. The molecule has 2 N–H and O–H groups in total. The minimum absolute atomic E-state index is 0.0191. The van der Waals surface area contributed by atoms with Crippen molar-refractivity contribution >= 4 is 11.9 Å². The Morgan fingerprint density at radius 1 is 1.07 bits per heavy atom. The molecule has 6 heteroatoms. The molecule has 0 bridgehead atoms. The first-order chi connectivity index (χ1) is 13.6. The van der Waals surface area contributed by atoms with Crippen LogP contribution in [0.5, 0.6) is 0 Å². The van der Waals surface area contributed by atoms with Gasteiger partial charge in [-0.3, -0.25) is 4.79 Å². The van der Waals surface area contributed by atoms with Crippen molar-refractivity contribution in [3.8, 4) is 0 Å². The van der Waals surface area contributed by atoms with Crippen molar-refractivity contribution in [2.24, 2.45) is 5.92 Å². The number of piperidine rings is 1. The van der Waals surface area contributed by atoms with Gasteiger partial charge in [0.2, 0.25) is 5.91 Å². The van der Waals surface area contributed by atoms with Gasteiger partial charge >= 0.3 is 6.03 Å². The van der Waals surface area contributed by atoms with Gasteiger partial charge in [0.15, 0.2) is 0 Å². The Bertz CT molecular complexity index is 635. The maximum Gasteiger partial charge on any atom is 0.317 e. The quantitative estimate of drug-likeness (QED) is 0.640. The summed E-state index contributed by atoms with van der Waals surface area (Å²) in [5, 5.41) is 5.93. The molecule has 0 unspecified atom stereocenters. The molecule has 1 saturated carbocycles. The number of benzene rings is 1. The van der Waals surface area contributed by atoms with E-state index in [9.17, 15) is 9.59 Å². The van der Waals surface area contributed by atoms with Crippen molar-refractivity contribution in [2.75, 3.05) is 33.4 Å². The number of amides is 3. The largest absolute Gasteiger partial charge is 0.383 e. The lowest BCUT2D eigenvalue weighted by Gasteiger charge is -2.32. The van der Waals surface area contributed by atoms with Gasteiger partial charge in [0.25, 0.3) is 0 Å². The normalized spacial score (nSPS) is 17.4. The summed E-state index contributed by atoms with van der Waals surface area (Å²) < 4.78 is 4.96. The van der Waals surface area contributed by atoms with Crippen LogP contribution in [0, 0.1) is 5.92 Å². The van der Waals surface area contributed by atoms with Crippen LogP contribution in [0.15, 0.2) is 24.3 Å². The van der Waals surface area contributed by atoms with Gasteiger partial charge < -0.3 is 20.3 Å². The third kappa shape index (κ3) is 6.82. The monoisotopic (exact) mass is 387 g/mol. The summed E-state index contributed by atoms with van der Waals surface area (Å²) >= 11 is 0. The summed E-state index contributed by atoms with van der Waals surface area (Å²) in [7, 11) is 1.64. The van der Waals surface area contributed by atoms with Gasteiger partial charge in [-0.1, -0.05) is 24.3 Å². The number of nitrogens with one attached hydrogen (secondary N) is 2. The highest BCUT2D eigenvalue weighted by Crippen LogP contribution is 2.22. The molecule has 2 aliphatic rings. The SMILES string of the molecule is COCCNC(=O)N1CCC(Cc2ccc(CCC(=O)NC3CC3)cc2)CC1. The van der Waals surface area contributed by atoms with Crippen molar-refractivity contribution < 1.29 is 14.3 Å². The molecule has 1 aromatic rings. The fraction of sp³-hybridized carbons (Fsp3) is 0.636. The van der Waals surface area contributed by atoms with Crippen molar-refractivity contribution in [1.82, 2.24) is 15.5 Å². The molecule has 0 radical (unpaired) electrons. The van der Waals surface area contributed by atoms with Crippen molar-refractivity contribution in [1.29, 1.82) is 0 Å². The number of carbonyl (C=O) groups excluding carboxylic acids is 2. The van der Waals surface area contributed by atoms with Crippen LogP contribution in [0.4, 0.5) is 4.79 Å². The van der Waals surface area contributed by atoms with Gasteiger partial charge in [-0.05, 0) is 55.6 Å². The van der Waals surface area contributed by atoms with Gasteiger partial charge in [0, 0.05) is 39.2 Å². The van der Waals surface area contributed by atoms with E-state index in [0.29, 0.717) is 31.5 Å². The first kappa shape index (κ1) is 20.6. The minimum Gasteiger partial charge on any atom is -0.383 e. The van der Waals surface area contributed by atoms with Gasteiger partial charge in [0.05, 0.1) is 6.61 Å². The van der Waals surface area contributed by atoms with E-state index in [1.165, 1.54) is 11.1 Å². The number of ether oxygens (including phenoxy) is 1. The number of nitrogens with zero attached hydrogens (tertiary/aromatic N) is 1. The second-order valence-electron chi connectivity index (χ2n) is 8.02. The molecule has 1 aliphatic heterocycles. The third-order valence-corrected chi connectivity index (χ3v) is 5.61. The third-order valence-electron chi connectivity index (χ3n) is 5.61. The number of hydrogen-bond donors (Lipinski definition) is 2. The zero-order valence-electron chi connectivity index (χ0n) is 16.9. The fourth-order valence-corrected chi connectivity index (χ4v) is 3.67. The smallest absolute Gasteiger partial charge is 0.317 e. The summed E-state index contributed by atoms with van der Waals surface area (Å²) in [6.45, 7) is 2.74. The average Bonchev–Trinajstić information content (AvgIpc) is 3.52. The van der Waals surface area contributed by atoms with E-state index in [1.54, 1.807) is 7.11 Å². The molecular weight excluding hydrogens is 354 g/mol. The van der Waals surface area contributed by atoms with Crippen molar-refractivity contribution in [3.05, 3.63) is 35.4 Å². The van der Waals surface area contributed by atoms with E-state index in [1.807, 2.05) is 4.90 Å². The Kier molecular flexibility index (Phi) is 7.71. The lowest BCUT2D eigenvalue weighted by Crippen LogP contribution is -2.45. The van der Waals surface area contributed by atoms with Gasteiger partial charge in [-0.2, -0.15) is 0 Å². The molecule has 3 rings (SSSR count). The first-order valence-electron chi connectivity index (χ1n) is 10.5. The molecule has 1 aliphatic carbocycles. The predicted molar refractivity (Wildman–Crippen MR) is 109 cm³/mol. The predicted octanol–water partition coefficient (Wildman–Crippen LogP) is 2.51. The molecule has 0 atom stereocenters. The highest BCUT2D eigenvalue weighted by molar-refractivity contribution is 5.76. The lowest BCUT2D eigenvalue weighted by atomic mass is 9.90. The van der Waals surface area contributed by atoms with Crippen LogP contribution in [0.1, 0.15) is 43.2 Å². The number of carbonyl (C=O) groups is 2. The zero-order chi connectivity index (χ0) is 19.8. The lowest BCUT2D eigenvalue weighted by molar-refractivity contribution is -0.121. The van der Waals surface area contributed by atoms with E-state index in [-0.39, 0.29) is 11.9 Å². The number of methoxy groups -OCH3 is 1. The Morgan fingerprint density at radius 2 is 1.75 bits per heavy atom. The van der Waals surface area contributed by atoms with E-state index in [2.05, 4.69) is 34.9 Å². The molecule has 3 amide bonds. The van der Waals surface area contributed by atoms with Gasteiger partial charge in [0.1, 0.15) is 0 Å². The minimum atomic E-state index is 0.0191. The Hall–Kier alpha value is -2.08. The van der Waals surface area contributed by atoms with Crippen molar-refractivity contribution in [3.63, 3.8) is 0 Å². The summed E-state index contributed by atoms with van der Waals surface area (Å²) in [6.07, 6.45) is 6.79. The number of hydrogen-bond acceptors (Lipinski definition) is 3. The molecule has 0 spiro atoms. The number of rotatable bonds is 9. The maximum absolute atomic E-state index is 12.1. The van der Waals surface area contributed by atoms with Crippen LogP contribution in [-0.2, 0) is 22.4 Å². The average molecular weight is 388 g/mol. The number of urea groups is 1. The highest BCUT2D eigenvalue weighted by Gasteiger charge is 2.23. The molecule has 6 nitrogen and oxygen atoms in total. The topological polar surface area (TPSA) is 70.7 Å². The van der Waals surface area contributed by atoms with Crippen LogP contribution < -0.4 is 10.6 Å². The van der Waals surface area contributed by atoms with E-state index < -0.39 is 0 Å². The maximum atomic E-state index is 12.1. The van der Waals surface area contributed by atoms with Crippen LogP contribution in [0.25, 0.3) is 0 Å². The Balaban J connectivity index is 1.35. The second-order valence-corrected chi connectivity index (χ2v) is 8.02. The first-order valence-corrected chi connectivity index (χ1v) is 10.5. The van der Waals surface area contributed by atoms with Crippen molar-refractivity contribution in [2.45, 2.75) is 51.0 Å². The summed E-state index contributed by atoms with van der Waals surface area (Å²) in [5.74, 6) is 0.794. The van der Waals surface area contributed by atoms with E-state index >= 15 is 0 Å². The molecular formula is C22H33N3O3. The van der Waals surface area contributed by atoms with Crippen LogP contribution >= 0.6 is 0 Å². The molecule has 0 aromatic heterocycles. The number of likely N-dealkylation sites (tertiary alicyclic amines) is 1. The summed E-state index contributed by atoms with van der Waals surface area (Å²) in [6, 6.07) is 9.15. The van der Waals surface area contributed by atoms with E-state index in [0.717, 1.165) is 51.6 Å². The molecule has 154 valence electrons. The van der Waals surface area contributed by atoms with E-state index in [4.69, 9.17) is 4.74 Å². The molecule has 1 aromatic carbocycles. The number of aryl methyl sites for hydroxylation is 1. The molecule has 2 fully saturated rings. The van der Waals surface area contributed by atoms with Crippen LogP contribution in [0.3, 0.4) is 0 Å². The molecule has 1 saturated heterocycles. The highest BCUT2D eigenvalue weighted by atomic mass is 16.5. The molecule has 1 heterocycles. The summed E-state index contributed by atoms with van der Waals surface area (Å²) in [4.78, 5) is 25.8. The van der Waals surface area contributed by atoms with Gasteiger partial charge in [-0.15, -0.1) is 0 Å². The zero-order valence-corrected chi connectivity index (χ0v) is 16.9. The standard InChI is InChI=1S/C22H33N3O3/c1-28-15-12-23-22(27)25-13-10-19(11-14-25)16-18-4-2-17(3-5-18)6-9-21(26)24-20-7-8-20/h2-5,19-20H,6-16H2,1H3,(H,23,27)(H,24,26). The Morgan fingerprint density at radius 3 is 2.39 bits per heavy atom. The fourth-order valence-electron chi connectivity index (χ4n) is 3.67. The van der Waals surface area contributed by atoms with Crippen LogP contribution in [0.2, 0.25) is 0 Å². The second kappa shape index (κ2) is 10.5. The van der Waals surface area contributed by atoms with Crippen LogP contribution in [-0.4, -0.2) is 56.2 Å².